The molecule has 0 spiro atoms. The van der Waals surface area contributed by atoms with Crippen LogP contribution in [0.2, 0.25) is 0 Å². The Hall–Kier alpha value is -3.17. The van der Waals surface area contributed by atoms with Crippen molar-refractivity contribution < 1.29 is 9.15 Å². The SMILES string of the molecule is CC1CCCN(c2cc(N3CCOCC3)nc(NC(=S)NCc3ccc(-c4ccccc4)o3)n2)C1. The standard InChI is InChI=1S/C26H32N6O2S/c1-19-6-5-11-32(18-19)24-16-23(31-12-14-33-15-13-31)28-25(29-24)30-26(35)27-17-21-9-10-22(34-21)20-7-3-2-4-8-20/h2-4,7-10,16,19H,5-6,11-15,17-18H2,1H3,(H2,27,28,29,30,35). The summed E-state index contributed by atoms with van der Waals surface area (Å²) in [5.41, 5.74) is 1.05. The van der Waals surface area contributed by atoms with Crippen molar-refractivity contribution in [1.29, 1.82) is 0 Å². The summed E-state index contributed by atoms with van der Waals surface area (Å²) in [5, 5.41) is 6.87. The zero-order chi connectivity index (χ0) is 24.0. The number of hydrogen-bond donors (Lipinski definition) is 2. The maximum absolute atomic E-state index is 5.97. The van der Waals surface area contributed by atoms with Crippen LogP contribution in [0.1, 0.15) is 25.5 Å². The van der Waals surface area contributed by atoms with E-state index in [4.69, 9.17) is 31.3 Å². The van der Waals surface area contributed by atoms with Crippen LogP contribution in [-0.2, 0) is 11.3 Å². The highest BCUT2D eigenvalue weighted by Gasteiger charge is 2.21. The summed E-state index contributed by atoms with van der Waals surface area (Å²) in [6.07, 6.45) is 2.44. The van der Waals surface area contributed by atoms with Crippen molar-refractivity contribution in [2.45, 2.75) is 26.3 Å². The molecule has 1 aromatic carbocycles. The number of anilines is 3. The van der Waals surface area contributed by atoms with E-state index in [-0.39, 0.29) is 0 Å². The zero-order valence-corrected chi connectivity index (χ0v) is 20.9. The molecule has 2 aliphatic heterocycles. The predicted octanol–water partition coefficient (Wildman–Crippen LogP) is 4.30. The molecule has 2 aliphatic rings. The highest BCUT2D eigenvalue weighted by Crippen LogP contribution is 2.26. The lowest BCUT2D eigenvalue weighted by Gasteiger charge is -2.33. The second-order valence-electron chi connectivity index (χ2n) is 9.14. The lowest BCUT2D eigenvalue weighted by Crippen LogP contribution is -2.38. The Labute approximate surface area is 211 Å². The van der Waals surface area contributed by atoms with Gasteiger partial charge in [0.15, 0.2) is 5.11 Å². The number of nitrogens with zero attached hydrogens (tertiary/aromatic N) is 4. The van der Waals surface area contributed by atoms with Crippen LogP contribution in [0.25, 0.3) is 11.3 Å². The highest BCUT2D eigenvalue weighted by molar-refractivity contribution is 7.80. The van der Waals surface area contributed by atoms with Crippen molar-refractivity contribution in [3.63, 3.8) is 0 Å². The molecule has 2 saturated heterocycles. The summed E-state index contributed by atoms with van der Waals surface area (Å²) in [6.45, 7) is 7.82. The van der Waals surface area contributed by atoms with Gasteiger partial charge in [-0.3, -0.25) is 0 Å². The van der Waals surface area contributed by atoms with Crippen LogP contribution in [0, 0.1) is 5.92 Å². The first kappa shape index (κ1) is 23.6. The average Bonchev–Trinajstić information content (AvgIpc) is 3.38. The minimum atomic E-state index is 0.458. The smallest absolute Gasteiger partial charge is 0.232 e. The number of benzene rings is 1. The average molecular weight is 493 g/mol. The molecule has 8 nitrogen and oxygen atoms in total. The van der Waals surface area contributed by atoms with Gasteiger partial charge in [-0.2, -0.15) is 9.97 Å². The van der Waals surface area contributed by atoms with Crippen molar-refractivity contribution in [2.24, 2.45) is 5.92 Å². The summed E-state index contributed by atoms with van der Waals surface area (Å²) in [7, 11) is 0. The van der Waals surface area contributed by atoms with Gasteiger partial charge < -0.3 is 29.6 Å². The van der Waals surface area contributed by atoms with E-state index in [2.05, 4.69) is 33.4 Å². The Morgan fingerprint density at radius 3 is 2.57 bits per heavy atom. The fourth-order valence-corrected chi connectivity index (χ4v) is 4.70. The van der Waals surface area contributed by atoms with Crippen LogP contribution >= 0.6 is 12.2 Å². The number of morpholine rings is 1. The maximum Gasteiger partial charge on any atom is 0.232 e. The molecule has 2 aromatic heterocycles. The van der Waals surface area contributed by atoms with Crippen LogP contribution in [0.5, 0.6) is 0 Å². The van der Waals surface area contributed by atoms with Gasteiger partial charge in [0.1, 0.15) is 23.2 Å². The van der Waals surface area contributed by atoms with Crippen LogP contribution < -0.4 is 20.4 Å². The van der Waals surface area contributed by atoms with E-state index >= 15 is 0 Å². The second-order valence-corrected chi connectivity index (χ2v) is 9.55. The van der Waals surface area contributed by atoms with Gasteiger partial charge in [0.05, 0.1) is 19.8 Å². The largest absolute Gasteiger partial charge is 0.459 e. The molecule has 2 fully saturated rings. The third-order valence-electron chi connectivity index (χ3n) is 6.38. The van der Waals surface area contributed by atoms with Gasteiger partial charge in [0.2, 0.25) is 5.95 Å². The number of nitrogens with one attached hydrogen (secondary N) is 2. The molecular formula is C26H32N6O2S. The van der Waals surface area contributed by atoms with E-state index in [9.17, 15) is 0 Å². The molecule has 0 bridgehead atoms. The van der Waals surface area contributed by atoms with Crippen LogP contribution in [0.3, 0.4) is 0 Å². The van der Waals surface area contributed by atoms with E-state index < -0.39 is 0 Å². The molecule has 0 radical (unpaired) electrons. The predicted molar refractivity (Wildman–Crippen MR) is 143 cm³/mol. The molecule has 1 atom stereocenters. The Bertz CT molecular complexity index is 1130. The third-order valence-corrected chi connectivity index (χ3v) is 6.63. The Morgan fingerprint density at radius 1 is 1.03 bits per heavy atom. The number of thiocarbonyl (C=S) groups is 1. The van der Waals surface area contributed by atoms with Crippen molar-refractivity contribution >= 4 is 34.9 Å². The van der Waals surface area contributed by atoms with Crippen molar-refractivity contribution in [2.75, 3.05) is 54.5 Å². The molecule has 1 unspecified atom stereocenters. The van der Waals surface area contributed by atoms with Crippen molar-refractivity contribution in [1.82, 2.24) is 15.3 Å². The van der Waals surface area contributed by atoms with Gasteiger partial charge in [-0.1, -0.05) is 37.3 Å². The van der Waals surface area contributed by atoms with Crippen LogP contribution in [0.15, 0.2) is 52.9 Å². The molecule has 35 heavy (non-hydrogen) atoms. The number of piperidine rings is 1. The number of rotatable bonds is 6. The molecule has 5 rings (SSSR count). The number of aromatic nitrogens is 2. The Kier molecular flexibility index (Phi) is 7.44. The summed E-state index contributed by atoms with van der Waals surface area (Å²) in [5.74, 6) is 4.64. The summed E-state index contributed by atoms with van der Waals surface area (Å²) >= 11 is 5.56. The van der Waals surface area contributed by atoms with E-state index in [0.717, 1.165) is 54.9 Å². The Morgan fingerprint density at radius 2 is 1.80 bits per heavy atom. The van der Waals surface area contributed by atoms with Gasteiger partial charge in [0.25, 0.3) is 0 Å². The monoisotopic (exact) mass is 492 g/mol. The van der Waals surface area contributed by atoms with Crippen molar-refractivity contribution in [3.8, 4) is 11.3 Å². The van der Waals surface area contributed by atoms with Gasteiger partial charge in [-0.15, -0.1) is 0 Å². The lowest BCUT2D eigenvalue weighted by atomic mass is 10.0. The highest BCUT2D eigenvalue weighted by atomic mass is 32.1. The fraction of sp³-hybridized carbons (Fsp3) is 0.423. The topological polar surface area (TPSA) is 78.7 Å². The number of furan rings is 1. The first-order valence-corrected chi connectivity index (χ1v) is 12.7. The van der Waals surface area contributed by atoms with E-state index in [1.54, 1.807) is 0 Å². The first-order chi connectivity index (χ1) is 17.1. The summed E-state index contributed by atoms with van der Waals surface area (Å²) < 4.78 is 11.5. The summed E-state index contributed by atoms with van der Waals surface area (Å²) in [6, 6.07) is 16.1. The first-order valence-electron chi connectivity index (χ1n) is 12.3. The summed E-state index contributed by atoms with van der Waals surface area (Å²) in [4.78, 5) is 14.2. The fourth-order valence-electron chi connectivity index (χ4n) is 4.54. The van der Waals surface area contributed by atoms with E-state index in [1.165, 1.54) is 12.8 Å². The van der Waals surface area contributed by atoms with Crippen LogP contribution in [-0.4, -0.2) is 54.5 Å². The Balaban J connectivity index is 1.27. The molecule has 0 saturated carbocycles. The molecule has 4 heterocycles. The van der Waals surface area contributed by atoms with E-state index in [1.807, 2.05) is 42.5 Å². The lowest BCUT2D eigenvalue weighted by molar-refractivity contribution is 0.122. The van der Waals surface area contributed by atoms with Gasteiger partial charge >= 0.3 is 0 Å². The maximum atomic E-state index is 5.97. The molecule has 0 amide bonds. The molecule has 184 valence electrons. The number of ether oxygens (including phenoxy) is 1. The zero-order valence-electron chi connectivity index (χ0n) is 20.1. The minimum absolute atomic E-state index is 0.458. The third kappa shape index (κ3) is 6.10. The molecule has 9 heteroatoms. The van der Waals surface area contributed by atoms with Crippen LogP contribution in [0.4, 0.5) is 17.6 Å². The second kappa shape index (κ2) is 11.0. The molecule has 0 aliphatic carbocycles. The van der Waals surface area contributed by atoms with Gasteiger partial charge in [-0.05, 0) is 43.1 Å². The van der Waals surface area contributed by atoms with Gasteiger partial charge in [0, 0.05) is 37.8 Å². The van der Waals surface area contributed by atoms with Gasteiger partial charge in [-0.25, -0.2) is 0 Å². The minimum Gasteiger partial charge on any atom is -0.459 e. The molecule has 2 N–H and O–H groups in total. The quantitative estimate of drug-likeness (QED) is 0.490. The molecule has 3 aromatic rings. The van der Waals surface area contributed by atoms with E-state index in [0.29, 0.717) is 36.7 Å². The molecular weight excluding hydrogens is 460 g/mol. The van der Waals surface area contributed by atoms with Crippen molar-refractivity contribution in [3.05, 3.63) is 54.3 Å². The number of hydrogen-bond acceptors (Lipinski definition) is 7. The normalized spacial score (nSPS) is 18.4.